The Balaban J connectivity index is 2.03. The SMILES string of the molecule is CC(C)Oc1cccc(CNc2ccc(=O)n(C)c2)c1. The van der Waals surface area contributed by atoms with Crippen LogP contribution in [0.1, 0.15) is 19.4 Å². The zero-order chi connectivity index (χ0) is 14.5. The molecular formula is C16H20N2O2. The molecule has 0 aliphatic heterocycles. The van der Waals surface area contributed by atoms with E-state index in [2.05, 4.69) is 5.32 Å². The van der Waals surface area contributed by atoms with Gasteiger partial charge >= 0.3 is 0 Å². The summed E-state index contributed by atoms with van der Waals surface area (Å²) in [5.41, 5.74) is 2.04. The fourth-order valence-electron chi connectivity index (χ4n) is 1.90. The number of hydrogen-bond donors (Lipinski definition) is 1. The third kappa shape index (κ3) is 3.88. The molecule has 0 radical (unpaired) electrons. The molecule has 0 fully saturated rings. The molecule has 0 saturated heterocycles. The number of rotatable bonds is 5. The number of aryl methyl sites for hydroxylation is 1. The third-order valence-electron chi connectivity index (χ3n) is 2.85. The molecule has 0 atom stereocenters. The van der Waals surface area contributed by atoms with E-state index in [0.29, 0.717) is 6.54 Å². The molecule has 0 unspecified atom stereocenters. The van der Waals surface area contributed by atoms with Gasteiger partial charge in [-0.15, -0.1) is 0 Å². The predicted octanol–water partition coefficient (Wildman–Crippen LogP) is 2.78. The van der Waals surface area contributed by atoms with Crippen molar-refractivity contribution in [3.05, 3.63) is 58.5 Å². The Labute approximate surface area is 119 Å². The summed E-state index contributed by atoms with van der Waals surface area (Å²) < 4.78 is 7.22. The summed E-state index contributed by atoms with van der Waals surface area (Å²) in [7, 11) is 1.74. The van der Waals surface area contributed by atoms with Crippen LogP contribution in [0.5, 0.6) is 5.75 Å². The van der Waals surface area contributed by atoms with Gasteiger partial charge in [-0.25, -0.2) is 0 Å². The van der Waals surface area contributed by atoms with Gasteiger partial charge in [0.2, 0.25) is 5.56 Å². The molecule has 1 heterocycles. The van der Waals surface area contributed by atoms with E-state index in [0.717, 1.165) is 17.0 Å². The molecule has 0 bridgehead atoms. The minimum atomic E-state index is -0.0112. The van der Waals surface area contributed by atoms with Crippen molar-refractivity contribution in [1.29, 1.82) is 0 Å². The lowest BCUT2D eigenvalue weighted by Gasteiger charge is -2.12. The Bertz CT molecular complexity index is 632. The quantitative estimate of drug-likeness (QED) is 0.910. The summed E-state index contributed by atoms with van der Waals surface area (Å²) in [6.07, 6.45) is 1.96. The van der Waals surface area contributed by atoms with Crippen LogP contribution in [0, 0.1) is 0 Å². The Morgan fingerprint density at radius 2 is 2.05 bits per heavy atom. The minimum Gasteiger partial charge on any atom is -0.491 e. The highest BCUT2D eigenvalue weighted by molar-refractivity contribution is 5.41. The minimum absolute atomic E-state index is 0.0112. The highest BCUT2D eigenvalue weighted by atomic mass is 16.5. The molecule has 106 valence electrons. The van der Waals surface area contributed by atoms with Crippen molar-refractivity contribution >= 4 is 5.69 Å². The number of benzene rings is 1. The van der Waals surface area contributed by atoms with E-state index in [-0.39, 0.29) is 11.7 Å². The maximum atomic E-state index is 11.3. The molecule has 0 aliphatic carbocycles. The summed E-state index contributed by atoms with van der Waals surface area (Å²) in [4.78, 5) is 11.3. The molecule has 0 aliphatic rings. The average Bonchev–Trinajstić information content (AvgIpc) is 2.40. The van der Waals surface area contributed by atoms with Crippen LogP contribution in [0.2, 0.25) is 0 Å². The highest BCUT2D eigenvalue weighted by Crippen LogP contribution is 2.16. The number of nitrogens with one attached hydrogen (secondary N) is 1. The normalized spacial score (nSPS) is 10.6. The first-order valence-corrected chi connectivity index (χ1v) is 6.71. The number of aromatic nitrogens is 1. The monoisotopic (exact) mass is 272 g/mol. The molecule has 4 nitrogen and oxygen atoms in total. The molecule has 2 aromatic rings. The summed E-state index contributed by atoms with van der Waals surface area (Å²) in [6.45, 7) is 4.71. The molecule has 0 saturated carbocycles. The van der Waals surface area contributed by atoms with E-state index in [1.165, 1.54) is 0 Å². The predicted molar refractivity (Wildman–Crippen MR) is 81.2 cm³/mol. The van der Waals surface area contributed by atoms with E-state index in [1.54, 1.807) is 29.9 Å². The Hall–Kier alpha value is -2.23. The fourth-order valence-corrected chi connectivity index (χ4v) is 1.90. The molecular weight excluding hydrogens is 252 g/mol. The van der Waals surface area contributed by atoms with Crippen LogP contribution in [0.15, 0.2) is 47.4 Å². The molecule has 1 aromatic heterocycles. The first kappa shape index (κ1) is 14.2. The van der Waals surface area contributed by atoms with Gasteiger partial charge in [0.05, 0.1) is 11.8 Å². The van der Waals surface area contributed by atoms with Crippen LogP contribution in [0.25, 0.3) is 0 Å². The van der Waals surface area contributed by atoms with Crippen LogP contribution < -0.4 is 15.6 Å². The number of nitrogens with zero attached hydrogens (tertiary/aromatic N) is 1. The van der Waals surface area contributed by atoms with Crippen molar-refractivity contribution in [3.63, 3.8) is 0 Å². The number of anilines is 1. The van der Waals surface area contributed by atoms with Crippen molar-refractivity contribution in [2.24, 2.45) is 7.05 Å². The largest absolute Gasteiger partial charge is 0.491 e. The van der Waals surface area contributed by atoms with Gasteiger partial charge in [-0.1, -0.05) is 12.1 Å². The number of pyridine rings is 1. The van der Waals surface area contributed by atoms with Gasteiger partial charge in [0.15, 0.2) is 0 Å². The van der Waals surface area contributed by atoms with E-state index in [1.807, 2.05) is 38.1 Å². The van der Waals surface area contributed by atoms with Crippen LogP contribution in [0.3, 0.4) is 0 Å². The molecule has 1 aromatic carbocycles. The lowest BCUT2D eigenvalue weighted by Crippen LogP contribution is -2.15. The average molecular weight is 272 g/mol. The van der Waals surface area contributed by atoms with Crippen LogP contribution in [-0.4, -0.2) is 10.7 Å². The number of ether oxygens (including phenoxy) is 1. The topological polar surface area (TPSA) is 43.3 Å². The first-order valence-electron chi connectivity index (χ1n) is 6.71. The Kier molecular flexibility index (Phi) is 4.45. The van der Waals surface area contributed by atoms with E-state index < -0.39 is 0 Å². The van der Waals surface area contributed by atoms with Crippen LogP contribution >= 0.6 is 0 Å². The van der Waals surface area contributed by atoms with Gasteiger partial charge in [0, 0.05) is 25.9 Å². The van der Waals surface area contributed by atoms with Crippen LogP contribution in [0.4, 0.5) is 5.69 Å². The molecule has 1 N–H and O–H groups in total. The van der Waals surface area contributed by atoms with Crippen molar-refractivity contribution in [1.82, 2.24) is 4.57 Å². The third-order valence-corrected chi connectivity index (χ3v) is 2.85. The second-order valence-corrected chi connectivity index (χ2v) is 5.03. The second kappa shape index (κ2) is 6.28. The standard InChI is InChI=1S/C16H20N2O2/c1-12(2)20-15-6-4-5-13(9-15)10-17-14-7-8-16(19)18(3)11-14/h4-9,11-12,17H,10H2,1-3H3. The Morgan fingerprint density at radius 3 is 2.75 bits per heavy atom. The molecule has 2 rings (SSSR count). The van der Waals surface area contributed by atoms with E-state index in [9.17, 15) is 4.79 Å². The summed E-state index contributed by atoms with van der Waals surface area (Å²) in [5, 5.41) is 3.29. The highest BCUT2D eigenvalue weighted by Gasteiger charge is 2.00. The molecule has 4 heteroatoms. The smallest absolute Gasteiger partial charge is 0.250 e. The fraction of sp³-hybridized carbons (Fsp3) is 0.312. The zero-order valence-corrected chi connectivity index (χ0v) is 12.1. The van der Waals surface area contributed by atoms with E-state index >= 15 is 0 Å². The maximum absolute atomic E-state index is 11.3. The van der Waals surface area contributed by atoms with Gasteiger partial charge in [0.25, 0.3) is 0 Å². The molecule has 20 heavy (non-hydrogen) atoms. The van der Waals surface area contributed by atoms with Gasteiger partial charge in [-0.2, -0.15) is 0 Å². The lowest BCUT2D eigenvalue weighted by atomic mass is 10.2. The Morgan fingerprint density at radius 1 is 1.25 bits per heavy atom. The van der Waals surface area contributed by atoms with Gasteiger partial charge in [-0.3, -0.25) is 4.79 Å². The molecule has 0 spiro atoms. The van der Waals surface area contributed by atoms with Crippen molar-refractivity contribution in [2.45, 2.75) is 26.5 Å². The van der Waals surface area contributed by atoms with Gasteiger partial charge in [-0.05, 0) is 37.6 Å². The second-order valence-electron chi connectivity index (χ2n) is 5.03. The van der Waals surface area contributed by atoms with Gasteiger partial charge < -0.3 is 14.6 Å². The summed E-state index contributed by atoms with van der Waals surface area (Å²) in [6, 6.07) is 11.3. The van der Waals surface area contributed by atoms with Crippen molar-refractivity contribution < 1.29 is 4.74 Å². The van der Waals surface area contributed by atoms with Gasteiger partial charge in [0.1, 0.15) is 5.75 Å². The summed E-state index contributed by atoms with van der Waals surface area (Å²) in [5.74, 6) is 0.875. The van der Waals surface area contributed by atoms with Crippen molar-refractivity contribution in [2.75, 3.05) is 5.32 Å². The van der Waals surface area contributed by atoms with Crippen LogP contribution in [-0.2, 0) is 13.6 Å². The lowest BCUT2D eigenvalue weighted by molar-refractivity contribution is 0.242. The number of hydrogen-bond acceptors (Lipinski definition) is 3. The zero-order valence-electron chi connectivity index (χ0n) is 12.1. The first-order chi connectivity index (χ1) is 9.54. The molecule has 0 amide bonds. The van der Waals surface area contributed by atoms with E-state index in [4.69, 9.17) is 4.74 Å². The maximum Gasteiger partial charge on any atom is 0.250 e. The summed E-state index contributed by atoms with van der Waals surface area (Å²) >= 11 is 0. The van der Waals surface area contributed by atoms with Crippen molar-refractivity contribution in [3.8, 4) is 5.75 Å².